The lowest BCUT2D eigenvalue weighted by atomic mass is 9.93. The van der Waals surface area contributed by atoms with E-state index in [0.29, 0.717) is 12.3 Å². The van der Waals surface area contributed by atoms with E-state index in [9.17, 15) is 5.11 Å². The molecule has 19 heavy (non-hydrogen) atoms. The van der Waals surface area contributed by atoms with E-state index >= 15 is 0 Å². The van der Waals surface area contributed by atoms with Gasteiger partial charge in [-0.05, 0) is 18.1 Å². The molecule has 0 saturated carbocycles. The first-order chi connectivity index (χ1) is 8.84. The van der Waals surface area contributed by atoms with Crippen LogP contribution in [0.4, 0.5) is 0 Å². The highest BCUT2D eigenvalue weighted by molar-refractivity contribution is 5.30. The summed E-state index contributed by atoms with van der Waals surface area (Å²) in [6.45, 7) is 6.51. The fraction of sp³-hybridized carbons (Fsp3) is 0.643. The van der Waals surface area contributed by atoms with Crippen LogP contribution >= 0.6 is 0 Å². The van der Waals surface area contributed by atoms with Crippen molar-refractivity contribution in [1.29, 1.82) is 5.26 Å². The van der Waals surface area contributed by atoms with Crippen LogP contribution in [-0.4, -0.2) is 27.6 Å². The standard InChI is InChI=1S/C14H21N3O2/c1-14(2,3)13(18)17-12(5-6-19-17)10-7-11(8-15)16(4)9-10/h7,9,12-13,18H,5-6H2,1-4H3/t12-,13?/m0/s1. The van der Waals surface area contributed by atoms with Crippen LogP contribution in [0.5, 0.6) is 0 Å². The molecule has 0 bridgehead atoms. The zero-order valence-corrected chi connectivity index (χ0v) is 11.9. The molecule has 1 saturated heterocycles. The van der Waals surface area contributed by atoms with Crippen LogP contribution in [0.25, 0.3) is 0 Å². The third kappa shape index (κ3) is 2.66. The van der Waals surface area contributed by atoms with Crippen molar-refractivity contribution in [3.8, 4) is 6.07 Å². The van der Waals surface area contributed by atoms with Gasteiger partial charge in [0.1, 0.15) is 18.0 Å². The Kier molecular flexibility index (Phi) is 3.68. The van der Waals surface area contributed by atoms with E-state index in [1.165, 1.54) is 0 Å². The maximum absolute atomic E-state index is 10.4. The molecule has 2 rings (SSSR count). The third-order valence-electron chi connectivity index (χ3n) is 3.48. The molecule has 2 heterocycles. The van der Waals surface area contributed by atoms with E-state index in [2.05, 4.69) is 6.07 Å². The molecule has 1 aromatic heterocycles. The summed E-state index contributed by atoms with van der Waals surface area (Å²) in [6, 6.07) is 4.02. The molecule has 0 aliphatic carbocycles. The van der Waals surface area contributed by atoms with Crippen molar-refractivity contribution in [2.45, 2.75) is 39.5 Å². The molecule has 1 aliphatic heterocycles. The molecule has 0 amide bonds. The van der Waals surface area contributed by atoms with Gasteiger partial charge < -0.3 is 9.67 Å². The van der Waals surface area contributed by atoms with Gasteiger partial charge in [0.25, 0.3) is 0 Å². The summed E-state index contributed by atoms with van der Waals surface area (Å²) in [5, 5.41) is 21.1. The molecule has 1 aromatic rings. The topological polar surface area (TPSA) is 61.4 Å². The van der Waals surface area contributed by atoms with Crippen molar-refractivity contribution in [1.82, 2.24) is 9.63 Å². The highest BCUT2D eigenvalue weighted by atomic mass is 16.7. The molecular formula is C14H21N3O2. The van der Waals surface area contributed by atoms with Gasteiger partial charge in [0.05, 0.1) is 12.6 Å². The molecule has 1 fully saturated rings. The molecule has 0 spiro atoms. The van der Waals surface area contributed by atoms with Crippen LogP contribution in [-0.2, 0) is 11.9 Å². The largest absolute Gasteiger partial charge is 0.376 e. The normalized spacial score (nSPS) is 22.4. The first-order valence-corrected chi connectivity index (χ1v) is 6.50. The summed E-state index contributed by atoms with van der Waals surface area (Å²) in [5.74, 6) is 0. The van der Waals surface area contributed by atoms with Crippen LogP contribution in [0.15, 0.2) is 12.3 Å². The third-order valence-corrected chi connectivity index (χ3v) is 3.48. The van der Waals surface area contributed by atoms with Crippen LogP contribution in [0.1, 0.15) is 44.5 Å². The minimum absolute atomic E-state index is 0.00234. The predicted molar refractivity (Wildman–Crippen MR) is 70.7 cm³/mol. The Morgan fingerprint density at radius 1 is 1.53 bits per heavy atom. The maximum Gasteiger partial charge on any atom is 0.135 e. The number of nitriles is 1. The van der Waals surface area contributed by atoms with E-state index in [-0.39, 0.29) is 11.5 Å². The smallest absolute Gasteiger partial charge is 0.135 e. The van der Waals surface area contributed by atoms with Gasteiger partial charge in [-0.2, -0.15) is 10.3 Å². The van der Waals surface area contributed by atoms with Crippen LogP contribution < -0.4 is 0 Å². The number of hydrogen-bond donors (Lipinski definition) is 1. The van der Waals surface area contributed by atoms with E-state index in [1.54, 1.807) is 9.63 Å². The van der Waals surface area contributed by atoms with Crippen LogP contribution in [0.2, 0.25) is 0 Å². The number of aliphatic hydroxyl groups is 1. The number of aliphatic hydroxyl groups excluding tert-OH is 1. The minimum Gasteiger partial charge on any atom is -0.376 e. The number of aryl methyl sites for hydroxylation is 1. The number of aromatic nitrogens is 1. The zero-order chi connectivity index (χ0) is 14.2. The number of rotatable bonds is 2. The van der Waals surface area contributed by atoms with E-state index in [0.717, 1.165) is 12.0 Å². The molecule has 5 heteroatoms. The second-order valence-corrected chi connectivity index (χ2v) is 6.12. The average molecular weight is 263 g/mol. The van der Waals surface area contributed by atoms with E-state index in [4.69, 9.17) is 10.1 Å². The lowest BCUT2D eigenvalue weighted by Crippen LogP contribution is -2.42. The van der Waals surface area contributed by atoms with Gasteiger partial charge >= 0.3 is 0 Å². The number of hydrogen-bond acceptors (Lipinski definition) is 4. The Bertz CT molecular complexity index is 496. The summed E-state index contributed by atoms with van der Waals surface area (Å²) < 4.78 is 1.80. The van der Waals surface area contributed by atoms with Gasteiger partial charge in [0.2, 0.25) is 0 Å². The van der Waals surface area contributed by atoms with Crippen molar-refractivity contribution in [2.75, 3.05) is 6.61 Å². The van der Waals surface area contributed by atoms with E-state index in [1.807, 2.05) is 40.1 Å². The van der Waals surface area contributed by atoms with Gasteiger partial charge in [-0.25, -0.2) is 0 Å². The molecule has 0 aromatic carbocycles. The quantitative estimate of drug-likeness (QED) is 0.885. The SMILES string of the molecule is Cn1cc([C@@H]2CCON2C(O)C(C)(C)C)cc1C#N. The average Bonchev–Trinajstić information content (AvgIpc) is 2.92. The highest BCUT2D eigenvalue weighted by Crippen LogP contribution is 2.36. The number of hydroxylamine groups is 2. The fourth-order valence-electron chi connectivity index (χ4n) is 2.31. The van der Waals surface area contributed by atoms with Crippen LogP contribution in [0, 0.1) is 16.7 Å². The summed E-state index contributed by atoms with van der Waals surface area (Å²) in [4.78, 5) is 5.58. The van der Waals surface area contributed by atoms with Crippen molar-refractivity contribution in [2.24, 2.45) is 12.5 Å². The molecule has 2 atom stereocenters. The molecule has 1 aliphatic rings. The summed E-state index contributed by atoms with van der Waals surface area (Å²) in [5.41, 5.74) is 1.35. The Balaban J connectivity index is 2.26. The van der Waals surface area contributed by atoms with Gasteiger partial charge in [-0.1, -0.05) is 20.8 Å². The summed E-state index contributed by atoms with van der Waals surface area (Å²) in [6.07, 6.45) is 2.08. The second-order valence-electron chi connectivity index (χ2n) is 6.12. The molecule has 5 nitrogen and oxygen atoms in total. The molecule has 1 unspecified atom stereocenters. The Morgan fingerprint density at radius 2 is 2.21 bits per heavy atom. The monoisotopic (exact) mass is 263 g/mol. The Hall–Kier alpha value is -1.35. The molecule has 0 radical (unpaired) electrons. The fourth-order valence-corrected chi connectivity index (χ4v) is 2.31. The van der Waals surface area contributed by atoms with Crippen molar-refractivity contribution in [3.05, 3.63) is 23.5 Å². The predicted octanol–water partition coefficient (Wildman–Crippen LogP) is 1.94. The first-order valence-electron chi connectivity index (χ1n) is 6.50. The number of nitrogens with zero attached hydrogens (tertiary/aromatic N) is 3. The first kappa shape index (κ1) is 14.1. The van der Waals surface area contributed by atoms with Crippen molar-refractivity contribution in [3.63, 3.8) is 0 Å². The maximum atomic E-state index is 10.4. The van der Waals surface area contributed by atoms with Gasteiger partial charge in [-0.3, -0.25) is 4.84 Å². The summed E-state index contributed by atoms with van der Waals surface area (Å²) >= 11 is 0. The molecule has 1 N–H and O–H groups in total. The minimum atomic E-state index is -0.675. The van der Waals surface area contributed by atoms with E-state index < -0.39 is 6.23 Å². The lowest BCUT2D eigenvalue weighted by Gasteiger charge is -2.35. The molecular weight excluding hydrogens is 242 g/mol. The van der Waals surface area contributed by atoms with Gasteiger partial charge in [0, 0.05) is 18.7 Å². The van der Waals surface area contributed by atoms with Crippen molar-refractivity contribution < 1.29 is 9.94 Å². The summed E-state index contributed by atoms with van der Waals surface area (Å²) in [7, 11) is 1.85. The van der Waals surface area contributed by atoms with Crippen LogP contribution in [0.3, 0.4) is 0 Å². The highest BCUT2D eigenvalue weighted by Gasteiger charge is 2.38. The van der Waals surface area contributed by atoms with Gasteiger partial charge in [0.15, 0.2) is 0 Å². The van der Waals surface area contributed by atoms with Gasteiger partial charge in [-0.15, -0.1) is 0 Å². The second kappa shape index (κ2) is 4.97. The van der Waals surface area contributed by atoms with Crippen molar-refractivity contribution >= 4 is 0 Å². The molecule has 104 valence electrons. The Morgan fingerprint density at radius 3 is 2.74 bits per heavy atom. The lowest BCUT2D eigenvalue weighted by molar-refractivity contribution is -0.252. The zero-order valence-electron chi connectivity index (χ0n) is 11.9. The Labute approximate surface area is 114 Å².